The van der Waals surface area contributed by atoms with Gasteiger partial charge in [-0.2, -0.15) is 0 Å². The van der Waals surface area contributed by atoms with Gasteiger partial charge in [0.05, 0.1) is 5.69 Å². The average molecular weight is 298 g/mol. The molecule has 2 N–H and O–H groups in total. The molecule has 0 aliphatic heterocycles. The van der Waals surface area contributed by atoms with Gasteiger partial charge in [0, 0.05) is 12.6 Å². The molecule has 0 saturated heterocycles. The van der Waals surface area contributed by atoms with E-state index in [9.17, 15) is 8.42 Å². The maximum Gasteiger partial charge on any atom is 0.242 e. The number of hydrogen-bond acceptors (Lipinski definition) is 3. The summed E-state index contributed by atoms with van der Waals surface area (Å²) in [7, 11) is -3.46. The van der Waals surface area contributed by atoms with Gasteiger partial charge in [-0.05, 0) is 32.4 Å². The van der Waals surface area contributed by atoms with Crippen LogP contribution in [0.2, 0.25) is 0 Å². The van der Waals surface area contributed by atoms with E-state index < -0.39 is 10.0 Å². The molecular weight excluding hydrogens is 272 g/mol. The minimum atomic E-state index is -3.46. The molecular formula is C15H26N2O2S. The first kappa shape index (κ1) is 17.0. The van der Waals surface area contributed by atoms with Crippen molar-refractivity contribution in [2.75, 3.05) is 11.9 Å². The number of sulfonamides is 1. The van der Waals surface area contributed by atoms with Crippen molar-refractivity contribution in [2.24, 2.45) is 0 Å². The molecule has 4 nitrogen and oxygen atoms in total. The Hall–Kier alpha value is -1.07. The van der Waals surface area contributed by atoms with E-state index in [2.05, 4.69) is 17.0 Å². The zero-order chi connectivity index (χ0) is 15.0. The monoisotopic (exact) mass is 298 g/mol. The van der Waals surface area contributed by atoms with Crippen molar-refractivity contribution in [1.82, 2.24) is 4.72 Å². The van der Waals surface area contributed by atoms with Crippen LogP contribution in [0.3, 0.4) is 0 Å². The van der Waals surface area contributed by atoms with Crippen LogP contribution >= 0.6 is 0 Å². The van der Waals surface area contributed by atoms with Crippen molar-refractivity contribution >= 4 is 15.7 Å². The molecule has 0 amide bonds. The smallest absolute Gasteiger partial charge is 0.242 e. The molecule has 0 spiro atoms. The summed E-state index contributed by atoms with van der Waals surface area (Å²) in [5.74, 6) is 0. The molecule has 0 aromatic heterocycles. The van der Waals surface area contributed by atoms with E-state index in [-0.39, 0.29) is 6.04 Å². The lowest BCUT2D eigenvalue weighted by Crippen LogP contribution is -2.33. The van der Waals surface area contributed by atoms with Crippen molar-refractivity contribution in [3.05, 3.63) is 24.3 Å². The number of hydrogen-bond donors (Lipinski definition) is 2. The third kappa shape index (κ3) is 5.13. The highest BCUT2D eigenvalue weighted by Crippen LogP contribution is 2.21. The van der Waals surface area contributed by atoms with Crippen molar-refractivity contribution in [3.8, 4) is 0 Å². The van der Waals surface area contributed by atoms with Crippen LogP contribution in [0.5, 0.6) is 0 Å². The molecule has 0 fully saturated rings. The van der Waals surface area contributed by atoms with Gasteiger partial charge < -0.3 is 5.32 Å². The zero-order valence-electron chi connectivity index (χ0n) is 12.6. The summed E-state index contributed by atoms with van der Waals surface area (Å²) >= 11 is 0. The fourth-order valence-corrected chi connectivity index (χ4v) is 3.59. The second kappa shape index (κ2) is 8.27. The minimum Gasteiger partial charge on any atom is -0.384 e. The van der Waals surface area contributed by atoms with Crippen LogP contribution in [0.1, 0.15) is 46.5 Å². The highest BCUT2D eigenvalue weighted by Gasteiger charge is 2.20. The van der Waals surface area contributed by atoms with Crippen LogP contribution in [0.15, 0.2) is 29.2 Å². The Morgan fingerprint density at radius 3 is 2.50 bits per heavy atom. The number of benzene rings is 1. The summed E-state index contributed by atoms with van der Waals surface area (Å²) in [6, 6.07) is 6.97. The molecule has 1 atom stereocenters. The Bertz CT molecular complexity index is 500. The molecule has 5 heteroatoms. The van der Waals surface area contributed by atoms with E-state index in [1.165, 1.54) is 0 Å². The van der Waals surface area contributed by atoms with Gasteiger partial charge in [-0.1, -0.05) is 38.3 Å². The van der Waals surface area contributed by atoms with Gasteiger partial charge in [0.1, 0.15) is 4.90 Å². The number of nitrogens with one attached hydrogen (secondary N) is 2. The Balaban J connectivity index is 2.78. The van der Waals surface area contributed by atoms with Gasteiger partial charge in [-0.25, -0.2) is 13.1 Å². The van der Waals surface area contributed by atoms with Crippen LogP contribution in [0, 0.1) is 0 Å². The fraction of sp³-hybridized carbons (Fsp3) is 0.600. The second-order valence-electron chi connectivity index (χ2n) is 5.04. The Morgan fingerprint density at radius 1 is 1.15 bits per heavy atom. The van der Waals surface area contributed by atoms with E-state index in [4.69, 9.17) is 0 Å². The van der Waals surface area contributed by atoms with Crippen LogP contribution in [0.25, 0.3) is 0 Å². The van der Waals surface area contributed by atoms with Crippen molar-refractivity contribution in [2.45, 2.75) is 57.4 Å². The highest BCUT2D eigenvalue weighted by molar-refractivity contribution is 7.89. The largest absolute Gasteiger partial charge is 0.384 e. The standard InChI is InChI=1S/C15H26N2O2S/c1-4-6-7-10-13(3)17-20(18,19)15-12-9-8-11-14(15)16-5-2/h8-9,11-13,16-17H,4-7,10H2,1-3H3. The lowest BCUT2D eigenvalue weighted by Gasteiger charge is -2.16. The van der Waals surface area contributed by atoms with Crippen LogP contribution in [0.4, 0.5) is 5.69 Å². The molecule has 20 heavy (non-hydrogen) atoms. The quantitative estimate of drug-likeness (QED) is 0.687. The van der Waals surface area contributed by atoms with Crippen LogP contribution < -0.4 is 10.0 Å². The molecule has 0 aliphatic rings. The summed E-state index contributed by atoms with van der Waals surface area (Å²) in [4.78, 5) is 0.323. The van der Waals surface area contributed by atoms with Gasteiger partial charge in [0.25, 0.3) is 0 Å². The van der Waals surface area contributed by atoms with E-state index in [0.29, 0.717) is 17.1 Å². The molecule has 0 heterocycles. The molecule has 1 aromatic rings. The molecule has 0 aliphatic carbocycles. The van der Waals surface area contributed by atoms with E-state index >= 15 is 0 Å². The lowest BCUT2D eigenvalue weighted by atomic mass is 10.1. The van der Waals surface area contributed by atoms with Gasteiger partial charge in [-0.15, -0.1) is 0 Å². The number of para-hydroxylation sites is 1. The first-order valence-electron chi connectivity index (χ1n) is 7.36. The summed E-state index contributed by atoms with van der Waals surface area (Å²) < 4.78 is 27.6. The number of unbranched alkanes of at least 4 members (excludes halogenated alkanes) is 2. The third-order valence-electron chi connectivity index (χ3n) is 3.14. The van der Waals surface area contributed by atoms with Crippen molar-refractivity contribution < 1.29 is 8.42 Å². The Kier molecular flexibility index (Phi) is 7.02. The minimum absolute atomic E-state index is 0.0405. The lowest BCUT2D eigenvalue weighted by molar-refractivity contribution is 0.527. The molecule has 0 radical (unpaired) electrons. The summed E-state index contributed by atoms with van der Waals surface area (Å²) in [6.07, 6.45) is 4.20. The first-order chi connectivity index (χ1) is 9.51. The van der Waals surface area contributed by atoms with Crippen LogP contribution in [-0.4, -0.2) is 21.0 Å². The summed E-state index contributed by atoms with van der Waals surface area (Å²) in [5.41, 5.74) is 0.656. The fourth-order valence-electron chi connectivity index (χ4n) is 2.13. The zero-order valence-corrected chi connectivity index (χ0v) is 13.5. The SMILES string of the molecule is CCCCCC(C)NS(=O)(=O)c1ccccc1NCC. The maximum atomic E-state index is 12.4. The first-order valence-corrected chi connectivity index (χ1v) is 8.84. The molecule has 1 rings (SSSR count). The average Bonchev–Trinajstić information content (AvgIpc) is 2.39. The molecule has 114 valence electrons. The summed E-state index contributed by atoms with van der Waals surface area (Å²) in [5, 5.41) is 3.09. The van der Waals surface area contributed by atoms with Crippen molar-refractivity contribution in [3.63, 3.8) is 0 Å². The van der Waals surface area contributed by atoms with Gasteiger partial charge in [-0.3, -0.25) is 0 Å². The second-order valence-corrected chi connectivity index (χ2v) is 6.73. The normalized spacial score (nSPS) is 13.2. The predicted octanol–water partition coefficient (Wildman–Crippen LogP) is 3.37. The Morgan fingerprint density at radius 2 is 1.85 bits per heavy atom. The van der Waals surface area contributed by atoms with Gasteiger partial charge in [0.2, 0.25) is 10.0 Å². The van der Waals surface area contributed by atoms with Crippen molar-refractivity contribution in [1.29, 1.82) is 0 Å². The van der Waals surface area contributed by atoms with E-state index in [1.807, 2.05) is 19.9 Å². The number of anilines is 1. The van der Waals surface area contributed by atoms with E-state index in [0.717, 1.165) is 25.7 Å². The predicted molar refractivity (Wildman–Crippen MR) is 84.5 cm³/mol. The Labute approximate surface area is 123 Å². The highest BCUT2D eigenvalue weighted by atomic mass is 32.2. The molecule has 0 bridgehead atoms. The summed E-state index contributed by atoms with van der Waals surface area (Å²) in [6.45, 7) is 6.70. The van der Waals surface area contributed by atoms with Gasteiger partial charge in [0.15, 0.2) is 0 Å². The van der Waals surface area contributed by atoms with Gasteiger partial charge >= 0.3 is 0 Å². The molecule has 1 aromatic carbocycles. The third-order valence-corrected chi connectivity index (χ3v) is 4.79. The molecule has 1 unspecified atom stereocenters. The van der Waals surface area contributed by atoms with Crippen LogP contribution in [-0.2, 0) is 10.0 Å². The maximum absolute atomic E-state index is 12.4. The molecule has 0 saturated carbocycles. The topological polar surface area (TPSA) is 58.2 Å². The van der Waals surface area contributed by atoms with E-state index in [1.54, 1.807) is 18.2 Å². The number of rotatable bonds is 9.